The van der Waals surface area contributed by atoms with Gasteiger partial charge in [-0.15, -0.1) is 0 Å². The molecule has 2 saturated heterocycles. The molecule has 1 atom stereocenters. The fourth-order valence-corrected chi connectivity index (χ4v) is 6.05. The quantitative estimate of drug-likeness (QED) is 0.283. The molecule has 202 valence electrons. The molecule has 4 aromatic rings. The van der Waals surface area contributed by atoms with Crippen molar-refractivity contribution in [1.82, 2.24) is 14.8 Å². The highest BCUT2D eigenvalue weighted by atomic mass is 35.5. The average Bonchev–Trinajstić information content (AvgIpc) is 3.68. The number of aromatic nitrogens is 1. The number of anilines is 1. The van der Waals surface area contributed by atoms with Crippen molar-refractivity contribution in [2.75, 3.05) is 25.0 Å². The fourth-order valence-electron chi connectivity index (χ4n) is 5.82. The summed E-state index contributed by atoms with van der Waals surface area (Å²) in [6.45, 7) is 3.13. The zero-order chi connectivity index (χ0) is 27.6. The number of fused-ring (bicyclic) bond motifs is 1. The second-order valence-corrected chi connectivity index (χ2v) is 10.8. The van der Waals surface area contributed by atoms with Crippen molar-refractivity contribution in [2.24, 2.45) is 0 Å². The molecule has 2 fully saturated rings. The number of hydrogen-bond acceptors (Lipinski definition) is 5. The highest BCUT2D eigenvalue weighted by Crippen LogP contribution is 2.32. The third kappa shape index (κ3) is 5.25. The molecule has 2 aliphatic rings. The molecule has 0 spiro atoms. The molecule has 40 heavy (non-hydrogen) atoms. The van der Waals surface area contributed by atoms with Gasteiger partial charge in [-0.05, 0) is 84.8 Å². The predicted molar refractivity (Wildman–Crippen MR) is 155 cm³/mol. The van der Waals surface area contributed by atoms with Crippen molar-refractivity contribution in [1.29, 1.82) is 5.26 Å². The molecule has 1 unspecified atom stereocenters. The van der Waals surface area contributed by atoms with Crippen LogP contribution in [0.15, 0.2) is 66.7 Å². The highest BCUT2D eigenvalue weighted by molar-refractivity contribution is 6.31. The molecule has 1 amide bonds. The van der Waals surface area contributed by atoms with E-state index >= 15 is 0 Å². The number of nitriles is 1. The van der Waals surface area contributed by atoms with Gasteiger partial charge in [0.05, 0.1) is 28.9 Å². The van der Waals surface area contributed by atoms with E-state index in [1.54, 1.807) is 18.2 Å². The number of likely N-dealkylation sites (tertiary alicyclic amines) is 2. The van der Waals surface area contributed by atoms with Crippen molar-refractivity contribution in [2.45, 2.75) is 38.4 Å². The normalized spacial score (nSPS) is 17.3. The third-order valence-corrected chi connectivity index (χ3v) is 8.26. The van der Waals surface area contributed by atoms with E-state index in [4.69, 9.17) is 16.6 Å². The molecule has 1 aromatic heterocycles. The Morgan fingerprint density at radius 2 is 1.77 bits per heavy atom. The van der Waals surface area contributed by atoms with Crippen LogP contribution in [0.4, 0.5) is 10.2 Å². The van der Waals surface area contributed by atoms with Crippen LogP contribution in [0, 0.1) is 17.1 Å². The summed E-state index contributed by atoms with van der Waals surface area (Å²) in [6, 6.07) is 21.6. The molecule has 6 nitrogen and oxygen atoms in total. The minimum absolute atomic E-state index is 0.00152. The number of halogens is 2. The van der Waals surface area contributed by atoms with Gasteiger partial charge in [0.1, 0.15) is 11.6 Å². The molecular formula is C32H29ClFN5O. The SMILES string of the molecule is N#Cc1ccc(-c2ccc3nc(NCc4ccc(F)cc4Cl)cc(C(=O)N4CCCC4N4CCCC4)c3c2)cc1. The minimum atomic E-state index is -0.387. The summed E-state index contributed by atoms with van der Waals surface area (Å²) in [6.07, 6.45) is 4.43. The van der Waals surface area contributed by atoms with Crippen LogP contribution in [-0.4, -0.2) is 46.5 Å². The topological polar surface area (TPSA) is 72.3 Å². The van der Waals surface area contributed by atoms with Crippen molar-refractivity contribution in [3.8, 4) is 17.2 Å². The van der Waals surface area contributed by atoms with E-state index in [0.717, 1.165) is 54.6 Å². The molecule has 0 saturated carbocycles. The zero-order valence-corrected chi connectivity index (χ0v) is 22.8. The van der Waals surface area contributed by atoms with Crippen LogP contribution in [0.2, 0.25) is 5.02 Å². The first-order valence-electron chi connectivity index (χ1n) is 13.7. The highest BCUT2D eigenvalue weighted by Gasteiger charge is 2.35. The van der Waals surface area contributed by atoms with Crippen LogP contribution >= 0.6 is 11.6 Å². The Hall–Kier alpha value is -3.99. The summed E-state index contributed by atoms with van der Waals surface area (Å²) in [4.78, 5) is 23.5. The molecule has 1 N–H and O–H groups in total. The first kappa shape index (κ1) is 26.2. The molecule has 3 heterocycles. The summed E-state index contributed by atoms with van der Waals surface area (Å²) < 4.78 is 13.5. The third-order valence-electron chi connectivity index (χ3n) is 7.91. The molecule has 0 bridgehead atoms. The maximum absolute atomic E-state index is 14.2. The number of nitrogens with one attached hydrogen (secondary N) is 1. The number of pyridine rings is 1. The van der Waals surface area contributed by atoms with E-state index in [0.29, 0.717) is 34.0 Å². The molecule has 2 aliphatic heterocycles. The molecule has 0 aliphatic carbocycles. The molecular weight excluding hydrogens is 525 g/mol. The van der Waals surface area contributed by atoms with Crippen LogP contribution in [0.3, 0.4) is 0 Å². The first-order chi connectivity index (χ1) is 19.5. The number of carbonyl (C=O) groups excluding carboxylic acids is 1. The minimum Gasteiger partial charge on any atom is -0.366 e. The lowest BCUT2D eigenvalue weighted by atomic mass is 9.99. The van der Waals surface area contributed by atoms with Crippen LogP contribution in [0.5, 0.6) is 0 Å². The van der Waals surface area contributed by atoms with E-state index in [-0.39, 0.29) is 17.9 Å². The monoisotopic (exact) mass is 553 g/mol. The van der Waals surface area contributed by atoms with Gasteiger partial charge in [-0.2, -0.15) is 5.26 Å². The number of hydrogen-bond donors (Lipinski definition) is 1. The summed E-state index contributed by atoms with van der Waals surface area (Å²) in [5, 5.41) is 13.6. The second-order valence-electron chi connectivity index (χ2n) is 10.4. The van der Waals surface area contributed by atoms with Gasteiger partial charge in [0.2, 0.25) is 0 Å². The van der Waals surface area contributed by atoms with Gasteiger partial charge in [0.25, 0.3) is 5.91 Å². The smallest absolute Gasteiger partial charge is 0.255 e. The summed E-state index contributed by atoms with van der Waals surface area (Å²) in [7, 11) is 0. The van der Waals surface area contributed by atoms with Crippen molar-refractivity contribution < 1.29 is 9.18 Å². The standard InChI is InChI=1S/C32H29ClFN5O/c33-28-17-25(34)11-9-24(28)20-36-30-18-27(32(40)39-15-3-4-31(39)38-13-1-2-14-38)26-16-23(10-12-29(26)37-30)22-7-5-21(19-35)6-8-22/h5-12,16-18,31H,1-4,13-15,20H2,(H,36,37). The molecule has 8 heteroatoms. The van der Waals surface area contributed by atoms with Crippen LogP contribution in [0.25, 0.3) is 22.0 Å². The van der Waals surface area contributed by atoms with E-state index in [1.807, 2.05) is 41.3 Å². The fraction of sp³-hybridized carbons (Fsp3) is 0.281. The van der Waals surface area contributed by atoms with Gasteiger partial charge in [-0.3, -0.25) is 9.69 Å². The summed E-state index contributed by atoms with van der Waals surface area (Å²) in [5.41, 5.74) is 4.54. The Balaban J connectivity index is 1.39. The summed E-state index contributed by atoms with van der Waals surface area (Å²) in [5.74, 6) is 0.169. The largest absolute Gasteiger partial charge is 0.366 e. The number of rotatable bonds is 6. The number of carbonyl (C=O) groups is 1. The van der Waals surface area contributed by atoms with Gasteiger partial charge in [-0.1, -0.05) is 35.9 Å². The van der Waals surface area contributed by atoms with Crippen molar-refractivity contribution >= 4 is 34.2 Å². The first-order valence-corrected chi connectivity index (χ1v) is 14.1. The van der Waals surface area contributed by atoms with E-state index in [9.17, 15) is 14.4 Å². The Kier molecular flexibility index (Phi) is 7.38. The molecule has 6 rings (SSSR count). The summed E-state index contributed by atoms with van der Waals surface area (Å²) >= 11 is 6.25. The number of nitrogens with zero attached hydrogens (tertiary/aromatic N) is 4. The lowest BCUT2D eigenvalue weighted by Gasteiger charge is -2.32. The Bertz CT molecular complexity index is 1610. The Labute approximate surface area is 238 Å². The number of benzene rings is 3. The lowest BCUT2D eigenvalue weighted by Crippen LogP contribution is -2.46. The van der Waals surface area contributed by atoms with E-state index in [1.165, 1.54) is 25.0 Å². The maximum atomic E-state index is 14.2. The van der Waals surface area contributed by atoms with Gasteiger partial charge in [-0.25, -0.2) is 9.37 Å². The van der Waals surface area contributed by atoms with Crippen LogP contribution in [-0.2, 0) is 6.54 Å². The van der Waals surface area contributed by atoms with Crippen LogP contribution < -0.4 is 5.32 Å². The Morgan fingerprint density at radius 3 is 2.52 bits per heavy atom. The van der Waals surface area contributed by atoms with Crippen LogP contribution in [0.1, 0.15) is 47.2 Å². The van der Waals surface area contributed by atoms with Crippen molar-refractivity contribution in [3.05, 3.63) is 94.3 Å². The lowest BCUT2D eigenvalue weighted by molar-refractivity contribution is 0.0533. The molecule has 0 radical (unpaired) electrons. The maximum Gasteiger partial charge on any atom is 0.255 e. The average molecular weight is 554 g/mol. The predicted octanol–water partition coefficient (Wildman–Crippen LogP) is 6.84. The van der Waals surface area contributed by atoms with Gasteiger partial charge in [0.15, 0.2) is 0 Å². The number of amides is 1. The molecule has 3 aromatic carbocycles. The van der Waals surface area contributed by atoms with Gasteiger partial charge in [0, 0.05) is 36.6 Å². The van der Waals surface area contributed by atoms with Gasteiger partial charge >= 0.3 is 0 Å². The van der Waals surface area contributed by atoms with E-state index in [2.05, 4.69) is 16.3 Å². The van der Waals surface area contributed by atoms with E-state index < -0.39 is 0 Å². The second kappa shape index (κ2) is 11.2. The zero-order valence-electron chi connectivity index (χ0n) is 22.0. The van der Waals surface area contributed by atoms with Crippen molar-refractivity contribution in [3.63, 3.8) is 0 Å². The Morgan fingerprint density at radius 1 is 1.00 bits per heavy atom. The van der Waals surface area contributed by atoms with Gasteiger partial charge < -0.3 is 10.2 Å².